The van der Waals surface area contributed by atoms with Crippen LogP contribution in [0.1, 0.15) is 66.2 Å². The molecule has 0 aliphatic heterocycles. The van der Waals surface area contributed by atoms with Gasteiger partial charge in [-0.3, -0.25) is 0 Å². The van der Waals surface area contributed by atoms with E-state index >= 15 is 0 Å². The van der Waals surface area contributed by atoms with Crippen molar-refractivity contribution in [3.63, 3.8) is 0 Å². The molecule has 0 amide bonds. The van der Waals surface area contributed by atoms with Crippen molar-refractivity contribution in [2.24, 2.45) is 0 Å². The van der Waals surface area contributed by atoms with Gasteiger partial charge in [0.2, 0.25) is 5.79 Å². The second-order valence-corrected chi connectivity index (χ2v) is 4.98. The predicted molar refractivity (Wildman–Crippen MR) is 69.5 cm³/mol. The average Bonchev–Trinajstić information content (AvgIpc) is 2.14. The molecule has 0 fully saturated rings. The first kappa shape index (κ1) is 16.2. The minimum absolute atomic E-state index is 0.469. The molecule has 3 nitrogen and oxygen atoms in total. The maximum atomic E-state index is 11.3. The Morgan fingerprint density at radius 3 is 2.35 bits per heavy atom. The molecule has 0 aliphatic rings. The highest BCUT2D eigenvalue weighted by atomic mass is 16.7. The third-order valence-electron chi connectivity index (χ3n) is 2.47. The van der Waals surface area contributed by atoms with E-state index in [2.05, 4.69) is 6.92 Å². The van der Waals surface area contributed by atoms with Gasteiger partial charge in [0.05, 0.1) is 0 Å². The van der Waals surface area contributed by atoms with Crippen molar-refractivity contribution in [2.75, 3.05) is 0 Å². The lowest BCUT2D eigenvalue weighted by Gasteiger charge is -2.22. The summed E-state index contributed by atoms with van der Waals surface area (Å²) in [6.45, 7) is 7.35. The number of carbonyl (C=O) groups excluding carboxylic acids is 1. The number of hydrogen-bond acceptors (Lipinski definition) is 3. The van der Waals surface area contributed by atoms with Gasteiger partial charge in [0, 0.05) is 19.4 Å². The molecular weight excluding hydrogens is 216 g/mol. The number of hydrogen-bond donors (Lipinski definition) is 1. The molecule has 0 radical (unpaired) electrons. The molecular formula is C14H26O3. The molecule has 100 valence electrons. The molecule has 0 saturated heterocycles. The normalized spacial score (nSPS) is 13.9. The third-order valence-corrected chi connectivity index (χ3v) is 2.47. The summed E-state index contributed by atoms with van der Waals surface area (Å²) < 4.78 is 5.00. The maximum Gasteiger partial charge on any atom is 0.333 e. The van der Waals surface area contributed by atoms with E-state index < -0.39 is 11.8 Å². The summed E-state index contributed by atoms with van der Waals surface area (Å²) in [5.74, 6) is -1.81. The SMILES string of the molecule is CCCCCCCC(C)(O)OC(=O)C=C(C)C. The summed E-state index contributed by atoms with van der Waals surface area (Å²) in [5.41, 5.74) is 0.869. The summed E-state index contributed by atoms with van der Waals surface area (Å²) in [6.07, 6.45) is 7.45. The lowest BCUT2D eigenvalue weighted by molar-refractivity contribution is -0.199. The Kier molecular flexibility index (Phi) is 7.88. The molecule has 0 rings (SSSR count). The van der Waals surface area contributed by atoms with E-state index in [9.17, 15) is 9.90 Å². The third kappa shape index (κ3) is 10.1. The zero-order valence-corrected chi connectivity index (χ0v) is 11.6. The Balaban J connectivity index is 3.87. The van der Waals surface area contributed by atoms with Crippen LogP contribution in [0.5, 0.6) is 0 Å². The van der Waals surface area contributed by atoms with Crippen molar-refractivity contribution in [3.05, 3.63) is 11.6 Å². The predicted octanol–water partition coefficient (Wildman–Crippen LogP) is 3.56. The van der Waals surface area contributed by atoms with Crippen molar-refractivity contribution in [3.8, 4) is 0 Å². The molecule has 0 saturated carbocycles. The van der Waals surface area contributed by atoms with Gasteiger partial charge in [-0.1, -0.05) is 38.2 Å². The van der Waals surface area contributed by atoms with Gasteiger partial charge in [-0.2, -0.15) is 0 Å². The Hall–Kier alpha value is -0.830. The molecule has 0 aromatic heterocycles. The van der Waals surface area contributed by atoms with Crippen LogP contribution >= 0.6 is 0 Å². The van der Waals surface area contributed by atoms with Gasteiger partial charge >= 0.3 is 5.97 Å². The molecule has 0 aromatic rings. The molecule has 1 atom stereocenters. The van der Waals surface area contributed by atoms with Crippen LogP contribution in [-0.4, -0.2) is 16.9 Å². The molecule has 0 spiro atoms. The first-order valence-electron chi connectivity index (χ1n) is 6.47. The maximum absolute atomic E-state index is 11.3. The van der Waals surface area contributed by atoms with E-state index in [-0.39, 0.29) is 0 Å². The molecule has 1 N–H and O–H groups in total. The number of ether oxygens (including phenoxy) is 1. The fourth-order valence-electron chi connectivity index (χ4n) is 1.59. The van der Waals surface area contributed by atoms with Gasteiger partial charge in [0.15, 0.2) is 0 Å². The Morgan fingerprint density at radius 2 is 1.82 bits per heavy atom. The zero-order valence-electron chi connectivity index (χ0n) is 11.6. The Morgan fingerprint density at radius 1 is 1.24 bits per heavy atom. The Bertz CT molecular complexity index is 250. The summed E-state index contributed by atoms with van der Waals surface area (Å²) in [7, 11) is 0. The van der Waals surface area contributed by atoms with Crippen LogP contribution in [0.4, 0.5) is 0 Å². The van der Waals surface area contributed by atoms with Crippen molar-refractivity contribution in [1.82, 2.24) is 0 Å². The zero-order chi connectivity index (χ0) is 13.3. The number of carbonyl (C=O) groups is 1. The molecule has 0 aromatic carbocycles. The standard InChI is InChI=1S/C14H26O3/c1-5-6-7-8-9-10-14(4,16)17-13(15)11-12(2)3/h11,16H,5-10H2,1-4H3. The van der Waals surface area contributed by atoms with Crippen LogP contribution in [0.2, 0.25) is 0 Å². The summed E-state index contributed by atoms with van der Waals surface area (Å²) in [4.78, 5) is 11.3. The van der Waals surface area contributed by atoms with Crippen molar-refractivity contribution >= 4 is 5.97 Å². The fourth-order valence-corrected chi connectivity index (χ4v) is 1.59. The number of aliphatic hydroxyl groups is 1. The van der Waals surface area contributed by atoms with E-state index in [1.807, 2.05) is 13.8 Å². The van der Waals surface area contributed by atoms with Gasteiger partial charge in [-0.15, -0.1) is 0 Å². The monoisotopic (exact) mass is 242 g/mol. The highest BCUT2D eigenvalue weighted by molar-refractivity contribution is 5.82. The highest BCUT2D eigenvalue weighted by Crippen LogP contribution is 2.17. The van der Waals surface area contributed by atoms with E-state index in [1.54, 1.807) is 6.92 Å². The van der Waals surface area contributed by atoms with Crippen LogP contribution < -0.4 is 0 Å². The highest BCUT2D eigenvalue weighted by Gasteiger charge is 2.23. The van der Waals surface area contributed by atoms with Crippen molar-refractivity contribution in [1.29, 1.82) is 0 Å². The summed E-state index contributed by atoms with van der Waals surface area (Å²) in [6, 6.07) is 0. The van der Waals surface area contributed by atoms with Crippen molar-refractivity contribution in [2.45, 2.75) is 72.0 Å². The van der Waals surface area contributed by atoms with Crippen LogP contribution in [0, 0.1) is 0 Å². The fraction of sp³-hybridized carbons (Fsp3) is 0.786. The first-order valence-corrected chi connectivity index (χ1v) is 6.47. The summed E-state index contributed by atoms with van der Waals surface area (Å²) in [5, 5.41) is 9.88. The molecule has 17 heavy (non-hydrogen) atoms. The van der Waals surface area contributed by atoms with Crippen molar-refractivity contribution < 1.29 is 14.6 Å². The molecule has 0 aliphatic carbocycles. The van der Waals surface area contributed by atoms with Gasteiger partial charge in [0.1, 0.15) is 0 Å². The summed E-state index contributed by atoms with van der Waals surface area (Å²) >= 11 is 0. The largest absolute Gasteiger partial charge is 0.430 e. The van der Waals surface area contributed by atoms with Crippen LogP contribution in [0.15, 0.2) is 11.6 Å². The minimum atomic E-state index is -1.34. The van der Waals surface area contributed by atoms with Gasteiger partial charge in [-0.25, -0.2) is 4.79 Å². The molecule has 1 unspecified atom stereocenters. The van der Waals surface area contributed by atoms with E-state index in [0.717, 1.165) is 18.4 Å². The van der Waals surface area contributed by atoms with Gasteiger partial charge < -0.3 is 9.84 Å². The Labute approximate surface area is 105 Å². The lowest BCUT2D eigenvalue weighted by Crippen LogP contribution is -2.30. The van der Waals surface area contributed by atoms with E-state index in [0.29, 0.717) is 6.42 Å². The minimum Gasteiger partial charge on any atom is -0.430 e. The van der Waals surface area contributed by atoms with Crippen LogP contribution in [0.25, 0.3) is 0 Å². The van der Waals surface area contributed by atoms with Crippen LogP contribution in [-0.2, 0) is 9.53 Å². The molecule has 0 heterocycles. The average molecular weight is 242 g/mol. The quantitative estimate of drug-likeness (QED) is 0.306. The number of rotatable bonds is 8. The van der Waals surface area contributed by atoms with Gasteiger partial charge in [0.25, 0.3) is 0 Å². The number of esters is 1. The lowest BCUT2D eigenvalue weighted by atomic mass is 10.1. The number of unbranched alkanes of at least 4 members (excludes halogenated alkanes) is 4. The molecule has 0 bridgehead atoms. The topological polar surface area (TPSA) is 46.5 Å². The van der Waals surface area contributed by atoms with Gasteiger partial charge in [-0.05, 0) is 20.3 Å². The smallest absolute Gasteiger partial charge is 0.333 e. The second kappa shape index (κ2) is 8.29. The second-order valence-electron chi connectivity index (χ2n) is 4.98. The first-order chi connectivity index (χ1) is 7.87. The number of allylic oxidation sites excluding steroid dienone is 1. The van der Waals surface area contributed by atoms with E-state index in [1.165, 1.54) is 25.3 Å². The molecule has 3 heteroatoms. The van der Waals surface area contributed by atoms with Crippen LogP contribution in [0.3, 0.4) is 0 Å². The van der Waals surface area contributed by atoms with E-state index in [4.69, 9.17) is 4.74 Å².